The molecule has 0 aliphatic carbocycles. The molecule has 2 rings (SSSR count). The van der Waals surface area contributed by atoms with Crippen molar-refractivity contribution in [2.24, 2.45) is 0 Å². The summed E-state index contributed by atoms with van der Waals surface area (Å²) in [6.07, 6.45) is 0.885. The van der Waals surface area contributed by atoms with Crippen LogP contribution in [0.5, 0.6) is 5.75 Å². The van der Waals surface area contributed by atoms with E-state index in [0.717, 1.165) is 22.8 Å². The van der Waals surface area contributed by atoms with E-state index >= 15 is 0 Å². The first kappa shape index (κ1) is 14.2. The zero-order valence-electron chi connectivity index (χ0n) is 11.2. The van der Waals surface area contributed by atoms with Crippen LogP contribution in [0.1, 0.15) is 19.4 Å². The predicted molar refractivity (Wildman–Crippen MR) is 75.7 cm³/mol. The van der Waals surface area contributed by atoms with E-state index < -0.39 is 0 Å². The Hall–Kier alpha value is -1.26. The molecule has 0 saturated heterocycles. The van der Waals surface area contributed by atoms with E-state index in [9.17, 15) is 4.79 Å². The van der Waals surface area contributed by atoms with Crippen LogP contribution in [0.2, 0.25) is 5.02 Å². The number of amides is 1. The second kappa shape index (κ2) is 6.26. The predicted octanol–water partition coefficient (Wildman–Crippen LogP) is 1.76. The third-order valence-corrected chi connectivity index (χ3v) is 3.39. The first-order chi connectivity index (χ1) is 9.10. The van der Waals surface area contributed by atoms with Crippen LogP contribution in [0.4, 0.5) is 0 Å². The van der Waals surface area contributed by atoms with Gasteiger partial charge in [0.2, 0.25) is 5.91 Å². The third-order valence-electron chi connectivity index (χ3n) is 3.16. The number of hydrogen-bond donors (Lipinski definition) is 2. The van der Waals surface area contributed by atoms with Gasteiger partial charge in [0.1, 0.15) is 11.9 Å². The molecule has 5 heteroatoms. The highest BCUT2D eigenvalue weighted by Crippen LogP contribution is 2.30. The molecule has 0 fully saturated rings. The zero-order valence-corrected chi connectivity index (χ0v) is 12.0. The molecule has 1 aromatic rings. The van der Waals surface area contributed by atoms with Gasteiger partial charge in [0.05, 0.1) is 6.04 Å². The maximum absolute atomic E-state index is 11.6. The van der Waals surface area contributed by atoms with Gasteiger partial charge in [-0.25, -0.2) is 0 Å². The number of ether oxygens (including phenoxy) is 1. The molecule has 1 amide bonds. The van der Waals surface area contributed by atoms with E-state index in [2.05, 4.69) is 10.6 Å². The summed E-state index contributed by atoms with van der Waals surface area (Å²) in [4.78, 5) is 11.6. The fraction of sp³-hybridized carbons (Fsp3) is 0.500. The molecule has 0 saturated carbocycles. The van der Waals surface area contributed by atoms with Crippen LogP contribution in [-0.2, 0) is 11.2 Å². The lowest BCUT2D eigenvalue weighted by molar-refractivity contribution is -0.122. The highest BCUT2D eigenvalue weighted by Gasteiger charge is 2.24. The lowest BCUT2D eigenvalue weighted by Crippen LogP contribution is -2.45. The average Bonchev–Trinajstić information content (AvgIpc) is 2.78. The summed E-state index contributed by atoms with van der Waals surface area (Å²) in [5.41, 5.74) is 1.13. The highest BCUT2D eigenvalue weighted by molar-refractivity contribution is 6.30. The molecular formula is C14H19ClN2O2. The van der Waals surface area contributed by atoms with Crippen LogP contribution in [0, 0.1) is 0 Å². The standard InChI is InChI=1S/C14H19ClN2O2/c1-3-16-14(18)9(2)17-8-12-7-10-6-11(15)4-5-13(10)19-12/h4-6,9,12,17H,3,7-8H2,1-2H3,(H,16,18). The Balaban J connectivity index is 1.82. The van der Waals surface area contributed by atoms with E-state index in [4.69, 9.17) is 16.3 Å². The molecule has 2 unspecified atom stereocenters. The smallest absolute Gasteiger partial charge is 0.236 e. The van der Waals surface area contributed by atoms with Gasteiger partial charge in [-0.2, -0.15) is 0 Å². The van der Waals surface area contributed by atoms with Gasteiger partial charge < -0.3 is 15.4 Å². The Kier molecular flexibility index (Phi) is 4.66. The minimum atomic E-state index is -0.212. The maximum atomic E-state index is 11.6. The molecule has 4 nitrogen and oxygen atoms in total. The van der Waals surface area contributed by atoms with Gasteiger partial charge in [-0.3, -0.25) is 4.79 Å². The quantitative estimate of drug-likeness (QED) is 0.865. The lowest BCUT2D eigenvalue weighted by Gasteiger charge is -2.16. The first-order valence-electron chi connectivity index (χ1n) is 6.56. The summed E-state index contributed by atoms with van der Waals surface area (Å²) in [6, 6.07) is 5.44. The summed E-state index contributed by atoms with van der Waals surface area (Å²) in [5.74, 6) is 0.905. The average molecular weight is 283 g/mol. The molecule has 2 N–H and O–H groups in total. The Morgan fingerprint density at radius 2 is 2.37 bits per heavy atom. The van der Waals surface area contributed by atoms with Gasteiger partial charge in [0.15, 0.2) is 0 Å². The van der Waals surface area contributed by atoms with Crippen LogP contribution in [0.3, 0.4) is 0 Å². The van der Waals surface area contributed by atoms with E-state index in [-0.39, 0.29) is 18.1 Å². The van der Waals surface area contributed by atoms with E-state index in [1.54, 1.807) is 0 Å². The SMILES string of the molecule is CCNC(=O)C(C)NCC1Cc2cc(Cl)ccc2O1. The molecule has 19 heavy (non-hydrogen) atoms. The van der Waals surface area contributed by atoms with Crippen molar-refractivity contribution in [3.63, 3.8) is 0 Å². The van der Waals surface area contributed by atoms with Gasteiger partial charge in [-0.15, -0.1) is 0 Å². The van der Waals surface area contributed by atoms with Gasteiger partial charge in [-0.05, 0) is 37.6 Å². The third kappa shape index (κ3) is 3.61. The number of hydrogen-bond acceptors (Lipinski definition) is 3. The molecule has 2 atom stereocenters. The number of fused-ring (bicyclic) bond motifs is 1. The van der Waals surface area contributed by atoms with Crippen LogP contribution < -0.4 is 15.4 Å². The highest BCUT2D eigenvalue weighted by atomic mass is 35.5. The fourth-order valence-corrected chi connectivity index (χ4v) is 2.33. The second-order valence-electron chi connectivity index (χ2n) is 4.72. The summed E-state index contributed by atoms with van der Waals surface area (Å²) >= 11 is 5.95. The minimum absolute atomic E-state index is 0.0149. The van der Waals surface area contributed by atoms with Crippen molar-refractivity contribution >= 4 is 17.5 Å². The number of rotatable bonds is 5. The van der Waals surface area contributed by atoms with Gasteiger partial charge in [0.25, 0.3) is 0 Å². The van der Waals surface area contributed by atoms with E-state index in [1.165, 1.54) is 0 Å². The van der Waals surface area contributed by atoms with Crippen molar-refractivity contribution in [3.8, 4) is 5.75 Å². The zero-order chi connectivity index (χ0) is 13.8. The van der Waals surface area contributed by atoms with Crippen molar-refractivity contribution in [2.45, 2.75) is 32.4 Å². The number of benzene rings is 1. The van der Waals surface area contributed by atoms with Crippen LogP contribution in [0.25, 0.3) is 0 Å². The van der Waals surface area contributed by atoms with Gasteiger partial charge in [0, 0.05) is 24.5 Å². The number of carbonyl (C=O) groups excluding carboxylic acids is 1. The monoisotopic (exact) mass is 282 g/mol. The Morgan fingerprint density at radius 1 is 1.58 bits per heavy atom. The van der Waals surface area contributed by atoms with Crippen molar-refractivity contribution in [1.82, 2.24) is 10.6 Å². The molecule has 1 aromatic carbocycles. The normalized spacial score (nSPS) is 18.6. The largest absolute Gasteiger partial charge is 0.488 e. The van der Waals surface area contributed by atoms with Gasteiger partial charge in [-0.1, -0.05) is 11.6 Å². The Bertz CT molecular complexity index is 465. The number of halogens is 1. The molecule has 1 aliphatic heterocycles. The molecule has 0 spiro atoms. The number of carbonyl (C=O) groups is 1. The maximum Gasteiger partial charge on any atom is 0.236 e. The van der Waals surface area contributed by atoms with Crippen molar-refractivity contribution in [1.29, 1.82) is 0 Å². The summed E-state index contributed by atoms with van der Waals surface area (Å²) < 4.78 is 5.80. The van der Waals surface area contributed by atoms with Crippen molar-refractivity contribution in [2.75, 3.05) is 13.1 Å². The fourth-order valence-electron chi connectivity index (χ4n) is 2.13. The summed E-state index contributed by atoms with van der Waals surface area (Å²) in [5, 5.41) is 6.70. The van der Waals surface area contributed by atoms with Crippen LogP contribution in [-0.4, -0.2) is 31.1 Å². The number of nitrogens with one attached hydrogen (secondary N) is 2. The molecule has 1 aliphatic rings. The molecule has 0 aromatic heterocycles. The van der Waals surface area contributed by atoms with E-state index in [1.807, 2.05) is 32.0 Å². The molecular weight excluding hydrogens is 264 g/mol. The van der Waals surface area contributed by atoms with Crippen molar-refractivity contribution in [3.05, 3.63) is 28.8 Å². The minimum Gasteiger partial charge on any atom is -0.488 e. The molecule has 0 bridgehead atoms. The Labute approximate surface area is 118 Å². The van der Waals surface area contributed by atoms with Crippen LogP contribution >= 0.6 is 11.6 Å². The molecule has 104 valence electrons. The van der Waals surface area contributed by atoms with Crippen LogP contribution in [0.15, 0.2) is 18.2 Å². The molecule has 0 radical (unpaired) electrons. The van der Waals surface area contributed by atoms with E-state index in [0.29, 0.717) is 13.1 Å². The summed E-state index contributed by atoms with van der Waals surface area (Å²) in [6.45, 7) is 5.05. The molecule has 1 heterocycles. The Morgan fingerprint density at radius 3 is 3.11 bits per heavy atom. The topological polar surface area (TPSA) is 50.4 Å². The second-order valence-corrected chi connectivity index (χ2v) is 5.16. The first-order valence-corrected chi connectivity index (χ1v) is 6.94. The lowest BCUT2D eigenvalue weighted by atomic mass is 10.1. The van der Waals surface area contributed by atoms with Gasteiger partial charge >= 0.3 is 0 Å². The number of likely N-dealkylation sites (N-methyl/N-ethyl adjacent to an activating group) is 1. The summed E-state index contributed by atoms with van der Waals surface area (Å²) in [7, 11) is 0. The van der Waals surface area contributed by atoms with Crippen molar-refractivity contribution < 1.29 is 9.53 Å².